The third-order valence-electron chi connectivity index (χ3n) is 3.80. The molecule has 1 heterocycles. The number of carbonyl (C=O) groups is 1. The van der Waals surface area contributed by atoms with E-state index in [-0.39, 0.29) is 5.82 Å². The Bertz CT molecular complexity index is 946. The van der Waals surface area contributed by atoms with Gasteiger partial charge in [0.25, 0.3) is 0 Å². The molecule has 1 atom stereocenters. The maximum atomic E-state index is 11.7. The van der Waals surface area contributed by atoms with Crippen molar-refractivity contribution < 1.29 is 23.1 Å². The Labute approximate surface area is 157 Å². The van der Waals surface area contributed by atoms with Gasteiger partial charge >= 0.3 is 5.97 Å². The highest BCUT2D eigenvalue weighted by molar-refractivity contribution is 7.92. The molecule has 0 aliphatic rings. The Kier molecular flexibility index (Phi) is 5.77. The number of hydrogen-bond donors (Lipinski definition) is 1. The van der Waals surface area contributed by atoms with Crippen molar-refractivity contribution in [1.29, 1.82) is 0 Å². The first-order valence-corrected chi connectivity index (χ1v) is 9.83. The van der Waals surface area contributed by atoms with Gasteiger partial charge in [-0.05, 0) is 43.7 Å². The van der Waals surface area contributed by atoms with Crippen LogP contribution in [0.25, 0.3) is 11.1 Å². The van der Waals surface area contributed by atoms with Gasteiger partial charge in [0, 0.05) is 29.4 Å². The van der Waals surface area contributed by atoms with Crippen molar-refractivity contribution in [3.63, 3.8) is 0 Å². The van der Waals surface area contributed by atoms with Crippen LogP contribution in [0.4, 0.5) is 5.82 Å². The van der Waals surface area contributed by atoms with Gasteiger partial charge < -0.3 is 9.84 Å². The van der Waals surface area contributed by atoms with Gasteiger partial charge in [-0.25, -0.2) is 18.2 Å². The molecular formula is C17H19ClN2O5S. The van der Waals surface area contributed by atoms with Crippen molar-refractivity contribution in [3.05, 3.63) is 41.0 Å². The number of benzene rings is 1. The van der Waals surface area contributed by atoms with Crippen LogP contribution in [-0.2, 0) is 14.8 Å². The predicted molar refractivity (Wildman–Crippen MR) is 100 cm³/mol. The summed E-state index contributed by atoms with van der Waals surface area (Å²) >= 11 is 6.08. The highest BCUT2D eigenvalue weighted by Crippen LogP contribution is 2.35. The zero-order valence-electron chi connectivity index (χ0n) is 14.7. The van der Waals surface area contributed by atoms with E-state index >= 15 is 0 Å². The molecular weight excluding hydrogens is 380 g/mol. The topological polar surface area (TPSA) is 96.8 Å². The van der Waals surface area contributed by atoms with E-state index in [2.05, 4.69) is 4.98 Å². The van der Waals surface area contributed by atoms with E-state index in [9.17, 15) is 13.2 Å². The first-order valence-electron chi connectivity index (χ1n) is 7.60. The fourth-order valence-corrected chi connectivity index (χ4v) is 2.83. The summed E-state index contributed by atoms with van der Waals surface area (Å²) < 4.78 is 29.9. The lowest BCUT2D eigenvalue weighted by atomic mass is 10.0. The lowest BCUT2D eigenvalue weighted by Gasteiger charge is -2.19. The van der Waals surface area contributed by atoms with Gasteiger partial charge in [-0.15, -0.1) is 0 Å². The van der Waals surface area contributed by atoms with Crippen LogP contribution in [0.1, 0.15) is 12.5 Å². The lowest BCUT2D eigenvalue weighted by Crippen LogP contribution is -2.25. The molecule has 140 valence electrons. The molecule has 2 aromatic rings. The predicted octanol–water partition coefficient (Wildman–Crippen LogP) is 2.96. The van der Waals surface area contributed by atoms with Crippen LogP contribution in [0.5, 0.6) is 5.75 Å². The second kappa shape index (κ2) is 7.51. The molecule has 0 aliphatic heterocycles. The fourth-order valence-electron chi connectivity index (χ4n) is 2.22. The van der Waals surface area contributed by atoms with Crippen molar-refractivity contribution in [3.8, 4) is 16.9 Å². The van der Waals surface area contributed by atoms with Crippen molar-refractivity contribution in [2.45, 2.75) is 20.0 Å². The molecule has 1 aromatic carbocycles. The number of aliphatic carboxylic acids is 1. The van der Waals surface area contributed by atoms with Crippen LogP contribution in [-0.4, -0.2) is 43.9 Å². The van der Waals surface area contributed by atoms with E-state index in [0.717, 1.165) is 16.1 Å². The molecule has 0 spiro atoms. The number of carboxylic acids is 1. The Balaban J connectivity index is 2.51. The number of halogens is 1. The number of anilines is 1. The van der Waals surface area contributed by atoms with Crippen LogP contribution in [0, 0.1) is 6.92 Å². The first kappa shape index (κ1) is 20.0. The molecule has 1 N–H and O–H groups in total. The number of hydrogen-bond acceptors (Lipinski definition) is 5. The smallest absolute Gasteiger partial charge is 0.344 e. The highest BCUT2D eigenvalue weighted by atomic mass is 35.5. The number of aromatic nitrogens is 1. The van der Waals surface area contributed by atoms with Gasteiger partial charge in [0.15, 0.2) is 6.10 Å². The maximum Gasteiger partial charge on any atom is 0.344 e. The third-order valence-corrected chi connectivity index (χ3v) is 5.22. The summed E-state index contributed by atoms with van der Waals surface area (Å²) in [6.45, 7) is 3.22. The Morgan fingerprint density at radius 2 is 1.96 bits per heavy atom. The molecule has 26 heavy (non-hydrogen) atoms. The standard InChI is InChI=1S/C17H19ClN2O5S/c1-10-7-16(20(3)26(4,23)24)19-9-14(10)13-8-12(18)5-6-15(13)25-11(2)17(21)22/h5-9,11H,1-4H3,(H,21,22)/t11-/m0/s1. The second-order valence-corrected chi connectivity index (χ2v) is 8.28. The van der Waals surface area contributed by atoms with Gasteiger partial charge in [0.1, 0.15) is 11.6 Å². The van der Waals surface area contributed by atoms with Crippen LogP contribution in [0.2, 0.25) is 5.02 Å². The van der Waals surface area contributed by atoms with E-state index in [1.54, 1.807) is 31.2 Å². The monoisotopic (exact) mass is 398 g/mol. The lowest BCUT2D eigenvalue weighted by molar-refractivity contribution is -0.144. The zero-order valence-corrected chi connectivity index (χ0v) is 16.3. The summed E-state index contributed by atoms with van der Waals surface area (Å²) in [4.78, 5) is 15.3. The molecule has 1 aromatic heterocycles. The number of pyridine rings is 1. The molecule has 0 radical (unpaired) electrons. The molecule has 0 amide bonds. The molecule has 0 unspecified atom stereocenters. The largest absolute Gasteiger partial charge is 0.479 e. The van der Waals surface area contributed by atoms with Gasteiger partial charge in [0.05, 0.1) is 6.26 Å². The summed E-state index contributed by atoms with van der Waals surface area (Å²) in [5.41, 5.74) is 1.97. The van der Waals surface area contributed by atoms with Crippen molar-refractivity contribution in [2.75, 3.05) is 17.6 Å². The molecule has 0 saturated heterocycles. The minimum atomic E-state index is -3.43. The SMILES string of the molecule is Cc1cc(N(C)S(C)(=O)=O)ncc1-c1cc(Cl)ccc1O[C@@H](C)C(=O)O. The van der Waals surface area contributed by atoms with E-state index in [1.807, 2.05) is 0 Å². The minimum absolute atomic E-state index is 0.275. The molecule has 9 heteroatoms. The molecule has 7 nitrogen and oxygen atoms in total. The summed E-state index contributed by atoms with van der Waals surface area (Å²) in [6.07, 6.45) is 1.56. The Morgan fingerprint density at radius 1 is 1.31 bits per heavy atom. The van der Waals surface area contributed by atoms with Crippen LogP contribution < -0.4 is 9.04 Å². The van der Waals surface area contributed by atoms with Crippen molar-refractivity contribution >= 4 is 33.4 Å². The summed E-state index contributed by atoms with van der Waals surface area (Å²) in [6, 6.07) is 6.47. The van der Waals surface area contributed by atoms with Crippen LogP contribution >= 0.6 is 11.6 Å². The molecule has 0 saturated carbocycles. The van der Waals surface area contributed by atoms with Gasteiger partial charge in [0.2, 0.25) is 10.0 Å². The number of ether oxygens (including phenoxy) is 1. The maximum absolute atomic E-state index is 11.7. The number of sulfonamides is 1. The number of aryl methyl sites for hydroxylation is 1. The Morgan fingerprint density at radius 3 is 2.50 bits per heavy atom. The van der Waals surface area contributed by atoms with E-state index < -0.39 is 22.1 Å². The molecule has 2 rings (SSSR count). The number of carboxylic acid groups (broad SMARTS) is 1. The quantitative estimate of drug-likeness (QED) is 0.803. The number of nitrogens with zero attached hydrogens (tertiary/aromatic N) is 2. The van der Waals surface area contributed by atoms with Crippen molar-refractivity contribution in [2.24, 2.45) is 0 Å². The van der Waals surface area contributed by atoms with E-state index in [1.165, 1.54) is 20.2 Å². The fraction of sp³-hybridized carbons (Fsp3) is 0.294. The van der Waals surface area contributed by atoms with Crippen LogP contribution in [0.15, 0.2) is 30.5 Å². The summed E-state index contributed by atoms with van der Waals surface area (Å²) in [7, 11) is -2.01. The third kappa shape index (κ3) is 4.44. The minimum Gasteiger partial charge on any atom is -0.479 e. The Hall–Kier alpha value is -2.32. The van der Waals surface area contributed by atoms with E-state index in [4.69, 9.17) is 21.4 Å². The highest BCUT2D eigenvalue weighted by Gasteiger charge is 2.19. The molecule has 0 aliphatic carbocycles. The first-order chi connectivity index (χ1) is 12.0. The average Bonchev–Trinajstić information content (AvgIpc) is 2.54. The average molecular weight is 399 g/mol. The second-order valence-electron chi connectivity index (χ2n) is 5.83. The van der Waals surface area contributed by atoms with Crippen LogP contribution in [0.3, 0.4) is 0 Å². The van der Waals surface area contributed by atoms with Gasteiger partial charge in [-0.3, -0.25) is 4.31 Å². The van der Waals surface area contributed by atoms with E-state index in [0.29, 0.717) is 21.9 Å². The molecule has 0 bridgehead atoms. The number of rotatable bonds is 6. The normalized spacial score (nSPS) is 12.5. The molecule has 0 fully saturated rings. The van der Waals surface area contributed by atoms with Gasteiger partial charge in [-0.2, -0.15) is 0 Å². The van der Waals surface area contributed by atoms with Crippen molar-refractivity contribution in [1.82, 2.24) is 4.98 Å². The summed E-state index contributed by atoms with van der Waals surface area (Å²) in [5.74, 6) is -0.471. The zero-order chi connectivity index (χ0) is 19.6. The summed E-state index contributed by atoms with van der Waals surface area (Å²) in [5, 5.41) is 9.51. The van der Waals surface area contributed by atoms with Gasteiger partial charge in [-0.1, -0.05) is 11.6 Å².